The highest BCUT2D eigenvalue weighted by Gasteiger charge is 2.34. The van der Waals surface area contributed by atoms with Crippen molar-refractivity contribution in [1.82, 2.24) is 0 Å². The highest BCUT2D eigenvalue weighted by molar-refractivity contribution is 5.55. The zero-order chi connectivity index (χ0) is 21.5. The number of nitrogens with two attached hydrogens (primary N) is 1. The number of aliphatic hydroxyl groups is 2. The summed E-state index contributed by atoms with van der Waals surface area (Å²) in [5.41, 5.74) is 5.91. The van der Waals surface area contributed by atoms with Gasteiger partial charge in [0, 0.05) is 0 Å². The zero-order valence-electron chi connectivity index (χ0n) is 16.2. The van der Waals surface area contributed by atoms with Crippen LogP contribution in [0.1, 0.15) is 28.7 Å². The van der Waals surface area contributed by atoms with Crippen LogP contribution < -0.4 is 10.5 Å². The second-order valence-corrected chi connectivity index (χ2v) is 7.08. The minimum absolute atomic E-state index is 0.160. The normalized spacial score (nSPS) is 12.5. The summed E-state index contributed by atoms with van der Waals surface area (Å²) in [6.45, 7) is 1.08. The molecule has 2 rings (SSSR count). The van der Waals surface area contributed by atoms with Crippen molar-refractivity contribution < 1.29 is 28.1 Å². The van der Waals surface area contributed by atoms with Gasteiger partial charge in [0.1, 0.15) is 5.75 Å². The molecule has 0 saturated carbocycles. The van der Waals surface area contributed by atoms with Crippen molar-refractivity contribution >= 4 is 6.08 Å². The van der Waals surface area contributed by atoms with E-state index in [4.69, 9.17) is 10.5 Å². The van der Waals surface area contributed by atoms with E-state index in [2.05, 4.69) is 0 Å². The maximum atomic E-state index is 13.4. The molecule has 158 valence electrons. The fraction of sp³-hybridized carbons (Fsp3) is 0.364. The molecule has 0 unspecified atom stereocenters. The molecule has 0 saturated heterocycles. The first kappa shape index (κ1) is 22.9. The van der Waals surface area contributed by atoms with Gasteiger partial charge in [-0.2, -0.15) is 13.2 Å². The second-order valence-electron chi connectivity index (χ2n) is 7.08. The quantitative estimate of drug-likeness (QED) is 0.552. The fourth-order valence-electron chi connectivity index (χ4n) is 2.74. The highest BCUT2D eigenvalue weighted by Crippen LogP contribution is 2.37. The maximum absolute atomic E-state index is 13.4. The molecule has 0 aliphatic carbocycles. The molecule has 0 aliphatic rings. The largest absolute Gasteiger partial charge is 0.493 e. The Labute approximate surface area is 168 Å². The Bertz CT molecular complexity index is 830. The number of aryl methyl sites for hydroxylation is 2. The first-order valence-corrected chi connectivity index (χ1v) is 9.26. The predicted octanol–water partition coefficient (Wildman–Crippen LogP) is 3.72. The fourth-order valence-corrected chi connectivity index (χ4v) is 2.74. The minimum Gasteiger partial charge on any atom is -0.493 e. The molecule has 2 aromatic rings. The molecule has 0 atom stereocenters. The molecule has 29 heavy (non-hydrogen) atoms. The van der Waals surface area contributed by atoms with Gasteiger partial charge in [0.25, 0.3) is 0 Å². The van der Waals surface area contributed by atoms with E-state index in [1.165, 1.54) is 24.3 Å². The van der Waals surface area contributed by atoms with E-state index in [9.17, 15) is 23.4 Å². The topological polar surface area (TPSA) is 75.7 Å². The lowest BCUT2D eigenvalue weighted by molar-refractivity contribution is -0.139. The first-order chi connectivity index (χ1) is 13.7. The van der Waals surface area contributed by atoms with Crippen LogP contribution in [0.15, 0.2) is 48.5 Å². The Balaban J connectivity index is 2.08. The van der Waals surface area contributed by atoms with Crippen molar-refractivity contribution in [2.75, 3.05) is 19.8 Å². The predicted molar refractivity (Wildman–Crippen MR) is 107 cm³/mol. The van der Waals surface area contributed by atoms with E-state index >= 15 is 0 Å². The molecule has 0 fully saturated rings. The second kappa shape index (κ2) is 9.91. The third kappa shape index (κ3) is 6.88. The van der Waals surface area contributed by atoms with E-state index < -0.39 is 30.5 Å². The Morgan fingerprint density at radius 3 is 2.41 bits per heavy atom. The molecule has 0 aliphatic heterocycles. The van der Waals surface area contributed by atoms with Gasteiger partial charge < -0.3 is 20.7 Å². The molecule has 0 amide bonds. The molecule has 0 bridgehead atoms. The highest BCUT2D eigenvalue weighted by atomic mass is 19.4. The van der Waals surface area contributed by atoms with Crippen LogP contribution in [0.3, 0.4) is 0 Å². The lowest BCUT2D eigenvalue weighted by atomic mass is 10.0. The number of benzene rings is 2. The summed E-state index contributed by atoms with van der Waals surface area (Å²) in [5.74, 6) is -0.234. The first-order valence-electron chi connectivity index (χ1n) is 9.26. The third-order valence-corrected chi connectivity index (χ3v) is 4.46. The molecule has 2 aromatic carbocycles. The minimum atomic E-state index is -4.58. The van der Waals surface area contributed by atoms with Crippen molar-refractivity contribution in [3.05, 3.63) is 70.8 Å². The van der Waals surface area contributed by atoms with Crippen LogP contribution in [0.4, 0.5) is 13.2 Å². The van der Waals surface area contributed by atoms with Crippen molar-refractivity contribution in [2.24, 2.45) is 5.73 Å². The molecular weight excluding hydrogens is 383 g/mol. The molecule has 0 radical (unpaired) electrons. The average molecular weight is 409 g/mol. The van der Waals surface area contributed by atoms with Gasteiger partial charge >= 0.3 is 6.18 Å². The number of ether oxygens (including phenoxy) is 1. The van der Waals surface area contributed by atoms with Crippen molar-refractivity contribution in [1.29, 1.82) is 0 Å². The van der Waals surface area contributed by atoms with Crippen LogP contribution in [-0.4, -0.2) is 35.6 Å². The van der Waals surface area contributed by atoms with Gasteiger partial charge in [-0.25, -0.2) is 0 Å². The van der Waals surface area contributed by atoms with Crippen LogP contribution in [0.2, 0.25) is 0 Å². The van der Waals surface area contributed by atoms with Crippen LogP contribution in [0.25, 0.3) is 6.08 Å². The molecular formula is C22H26F3NO3. The number of hydrogen-bond donors (Lipinski definition) is 3. The van der Waals surface area contributed by atoms with Crippen molar-refractivity contribution in [3.63, 3.8) is 0 Å². The van der Waals surface area contributed by atoms with E-state index in [1.807, 2.05) is 31.2 Å². The summed E-state index contributed by atoms with van der Waals surface area (Å²) in [5, 5.41) is 18.3. The van der Waals surface area contributed by atoms with Gasteiger partial charge in [-0.1, -0.05) is 48.0 Å². The van der Waals surface area contributed by atoms with Gasteiger partial charge in [-0.3, -0.25) is 0 Å². The zero-order valence-corrected chi connectivity index (χ0v) is 16.2. The molecule has 4 nitrogen and oxygen atoms in total. The molecule has 4 N–H and O–H groups in total. The summed E-state index contributed by atoms with van der Waals surface area (Å²) in [7, 11) is 0. The number of halogens is 3. The lowest BCUT2D eigenvalue weighted by Gasteiger charge is -2.20. The molecule has 0 aromatic heterocycles. The Morgan fingerprint density at radius 2 is 1.79 bits per heavy atom. The third-order valence-electron chi connectivity index (χ3n) is 4.46. The molecule has 0 spiro atoms. The SMILES string of the molecule is Cc1cccc(CCCOc2ccc(C=CC(N)(CO)CO)cc2C(F)(F)F)c1. The van der Waals surface area contributed by atoms with Gasteiger partial charge in [-0.15, -0.1) is 0 Å². The van der Waals surface area contributed by atoms with Crippen molar-refractivity contribution in [2.45, 2.75) is 31.5 Å². The van der Waals surface area contributed by atoms with Crippen LogP contribution >= 0.6 is 0 Å². The van der Waals surface area contributed by atoms with E-state index in [0.29, 0.717) is 12.8 Å². The van der Waals surface area contributed by atoms with Gasteiger partial charge in [0.2, 0.25) is 0 Å². The van der Waals surface area contributed by atoms with Gasteiger partial charge in [0.05, 0.1) is 30.9 Å². The summed E-state index contributed by atoms with van der Waals surface area (Å²) < 4.78 is 45.7. The summed E-state index contributed by atoms with van der Waals surface area (Å²) in [6, 6.07) is 11.7. The summed E-state index contributed by atoms with van der Waals surface area (Å²) in [6.07, 6.45) is -0.659. The summed E-state index contributed by atoms with van der Waals surface area (Å²) >= 11 is 0. The maximum Gasteiger partial charge on any atom is 0.419 e. The van der Waals surface area contributed by atoms with Crippen LogP contribution in [-0.2, 0) is 12.6 Å². The van der Waals surface area contributed by atoms with Crippen LogP contribution in [0.5, 0.6) is 5.75 Å². The Kier molecular flexibility index (Phi) is 7.84. The molecule has 0 heterocycles. The van der Waals surface area contributed by atoms with Crippen LogP contribution in [0, 0.1) is 6.92 Å². The summed E-state index contributed by atoms with van der Waals surface area (Å²) in [4.78, 5) is 0. The Morgan fingerprint density at radius 1 is 1.07 bits per heavy atom. The lowest BCUT2D eigenvalue weighted by Crippen LogP contribution is -2.45. The smallest absolute Gasteiger partial charge is 0.419 e. The number of alkyl halides is 3. The van der Waals surface area contributed by atoms with E-state index in [0.717, 1.165) is 17.2 Å². The number of hydrogen-bond acceptors (Lipinski definition) is 4. The average Bonchev–Trinajstić information content (AvgIpc) is 2.69. The van der Waals surface area contributed by atoms with Gasteiger partial charge in [-0.05, 0) is 43.0 Å². The number of rotatable bonds is 9. The monoisotopic (exact) mass is 409 g/mol. The Hall–Kier alpha value is -2.35. The van der Waals surface area contributed by atoms with E-state index in [-0.39, 0.29) is 17.9 Å². The van der Waals surface area contributed by atoms with Crippen molar-refractivity contribution in [3.8, 4) is 5.75 Å². The van der Waals surface area contributed by atoms with Gasteiger partial charge in [0.15, 0.2) is 0 Å². The number of aliphatic hydroxyl groups excluding tert-OH is 2. The molecule has 7 heteroatoms. The van der Waals surface area contributed by atoms with E-state index in [1.54, 1.807) is 0 Å². The standard InChI is InChI=1S/C22H26F3NO3/c1-16-4-2-5-17(12-16)6-3-11-29-20-8-7-18(13-19(20)22(23,24)25)9-10-21(26,14-27)15-28/h2,4-5,7-10,12-13,27-28H,3,6,11,14-15,26H2,1H3.